The number of allylic oxidation sites excluding steroid dienone is 5. The van der Waals surface area contributed by atoms with Crippen LogP contribution in [0.3, 0.4) is 0 Å². The van der Waals surface area contributed by atoms with Gasteiger partial charge in [-0.2, -0.15) is 0 Å². The van der Waals surface area contributed by atoms with Gasteiger partial charge in [-0.1, -0.05) is 54.6 Å². The zero-order valence-corrected chi connectivity index (χ0v) is 11.0. The van der Waals surface area contributed by atoms with Gasteiger partial charge in [-0.25, -0.2) is 0 Å². The molecule has 4 rings (SSSR count). The van der Waals surface area contributed by atoms with Crippen molar-refractivity contribution < 1.29 is 0 Å². The van der Waals surface area contributed by atoms with Crippen LogP contribution < -0.4 is 5.32 Å². The second-order valence-electron chi connectivity index (χ2n) is 5.76. The highest BCUT2D eigenvalue weighted by molar-refractivity contribution is 5.48. The predicted molar refractivity (Wildman–Crippen MR) is 79.0 cm³/mol. The van der Waals surface area contributed by atoms with Gasteiger partial charge in [0.2, 0.25) is 0 Å². The van der Waals surface area contributed by atoms with Crippen LogP contribution in [-0.4, -0.2) is 13.1 Å². The fraction of sp³-hybridized carbons (Fsp3) is 0.333. The number of hydrogen-bond acceptors (Lipinski definition) is 1. The molecule has 1 nitrogen and oxygen atoms in total. The van der Waals surface area contributed by atoms with Gasteiger partial charge in [0.05, 0.1) is 0 Å². The monoisotopic (exact) mass is 249 g/mol. The minimum Gasteiger partial charge on any atom is -0.313 e. The van der Waals surface area contributed by atoms with Crippen LogP contribution in [0, 0.1) is 11.8 Å². The molecule has 1 aromatic rings. The lowest BCUT2D eigenvalue weighted by atomic mass is 9.77. The van der Waals surface area contributed by atoms with Crippen molar-refractivity contribution in [2.75, 3.05) is 13.1 Å². The number of nitrogens with one attached hydrogen (secondary N) is 1. The molecule has 0 amide bonds. The summed E-state index contributed by atoms with van der Waals surface area (Å²) in [6.45, 7) is 2.24. The third kappa shape index (κ3) is 1.73. The SMILES string of the molecule is C1=CC2=C3CNCCC3C(c3ccccc3)C2C=C1. The Bertz CT molecular complexity index is 565. The Kier molecular flexibility index (Phi) is 2.66. The summed E-state index contributed by atoms with van der Waals surface area (Å²) in [6, 6.07) is 11.1. The standard InChI is InChI=1S/C18H19N/c1-2-6-13(7-3-1)18-15-9-5-4-8-14(15)17-12-19-11-10-16(17)18/h1-9,15-16,18-19H,10-12H2. The highest BCUT2D eigenvalue weighted by Crippen LogP contribution is 2.51. The van der Waals surface area contributed by atoms with Crippen LogP contribution in [0.4, 0.5) is 0 Å². The van der Waals surface area contributed by atoms with Gasteiger partial charge in [-0.05, 0) is 35.6 Å². The average molecular weight is 249 g/mol. The van der Waals surface area contributed by atoms with E-state index in [-0.39, 0.29) is 0 Å². The number of piperidine rings is 1. The molecule has 1 aromatic carbocycles. The van der Waals surface area contributed by atoms with Crippen LogP contribution in [-0.2, 0) is 0 Å². The maximum absolute atomic E-state index is 3.55. The van der Waals surface area contributed by atoms with Crippen LogP contribution in [0.2, 0.25) is 0 Å². The molecule has 1 heterocycles. The van der Waals surface area contributed by atoms with E-state index in [4.69, 9.17) is 0 Å². The van der Waals surface area contributed by atoms with Gasteiger partial charge >= 0.3 is 0 Å². The molecule has 0 radical (unpaired) electrons. The first-order valence-corrected chi connectivity index (χ1v) is 7.28. The molecule has 0 bridgehead atoms. The van der Waals surface area contributed by atoms with E-state index < -0.39 is 0 Å². The van der Waals surface area contributed by atoms with Gasteiger partial charge in [0.15, 0.2) is 0 Å². The van der Waals surface area contributed by atoms with Gasteiger partial charge in [-0.15, -0.1) is 0 Å². The van der Waals surface area contributed by atoms with Crippen molar-refractivity contribution in [1.82, 2.24) is 5.32 Å². The zero-order chi connectivity index (χ0) is 12.7. The van der Waals surface area contributed by atoms with Crippen molar-refractivity contribution >= 4 is 0 Å². The molecule has 3 unspecified atom stereocenters. The van der Waals surface area contributed by atoms with E-state index in [2.05, 4.69) is 60.0 Å². The van der Waals surface area contributed by atoms with E-state index >= 15 is 0 Å². The quantitative estimate of drug-likeness (QED) is 0.804. The van der Waals surface area contributed by atoms with E-state index in [0.717, 1.165) is 19.0 Å². The van der Waals surface area contributed by atoms with E-state index in [0.29, 0.717) is 11.8 Å². The van der Waals surface area contributed by atoms with E-state index in [1.54, 1.807) is 11.1 Å². The van der Waals surface area contributed by atoms with Gasteiger partial charge < -0.3 is 5.32 Å². The van der Waals surface area contributed by atoms with Crippen LogP contribution in [0.25, 0.3) is 0 Å². The van der Waals surface area contributed by atoms with Crippen molar-refractivity contribution in [3.8, 4) is 0 Å². The molecule has 1 saturated heterocycles. The minimum absolute atomic E-state index is 0.590. The first kappa shape index (κ1) is 11.2. The van der Waals surface area contributed by atoms with Crippen LogP contribution in [0.15, 0.2) is 65.8 Å². The van der Waals surface area contributed by atoms with Crippen LogP contribution in [0.1, 0.15) is 17.9 Å². The Labute approximate surface area is 114 Å². The lowest BCUT2D eigenvalue weighted by Crippen LogP contribution is -2.31. The molecule has 1 N–H and O–H groups in total. The molecule has 3 aliphatic rings. The maximum atomic E-state index is 3.55. The molecule has 2 aliphatic carbocycles. The molecule has 1 aliphatic heterocycles. The number of hydrogen-bond donors (Lipinski definition) is 1. The zero-order valence-electron chi connectivity index (χ0n) is 11.0. The smallest absolute Gasteiger partial charge is 0.0173 e. The number of rotatable bonds is 1. The fourth-order valence-electron chi connectivity index (χ4n) is 4.06. The Morgan fingerprint density at radius 1 is 1.05 bits per heavy atom. The fourth-order valence-corrected chi connectivity index (χ4v) is 4.06. The Morgan fingerprint density at radius 2 is 1.95 bits per heavy atom. The summed E-state index contributed by atoms with van der Waals surface area (Å²) in [5.41, 5.74) is 4.74. The summed E-state index contributed by atoms with van der Waals surface area (Å²) in [7, 11) is 0. The molecule has 0 saturated carbocycles. The predicted octanol–water partition coefficient (Wildman–Crippen LogP) is 3.43. The van der Waals surface area contributed by atoms with Crippen molar-refractivity contribution in [3.05, 3.63) is 71.3 Å². The summed E-state index contributed by atoms with van der Waals surface area (Å²) in [5, 5.41) is 3.55. The molecule has 96 valence electrons. The second kappa shape index (κ2) is 4.50. The molecule has 19 heavy (non-hydrogen) atoms. The van der Waals surface area contributed by atoms with Crippen LogP contribution in [0.5, 0.6) is 0 Å². The van der Waals surface area contributed by atoms with E-state index in [1.807, 2.05) is 0 Å². The maximum Gasteiger partial charge on any atom is 0.0173 e. The van der Waals surface area contributed by atoms with Gasteiger partial charge in [0.1, 0.15) is 0 Å². The number of fused-ring (bicyclic) bond motifs is 2. The number of benzene rings is 1. The summed E-state index contributed by atoms with van der Waals surface area (Å²) >= 11 is 0. The van der Waals surface area contributed by atoms with Gasteiger partial charge in [-0.3, -0.25) is 0 Å². The van der Waals surface area contributed by atoms with E-state index in [1.165, 1.54) is 12.0 Å². The summed E-state index contributed by atoms with van der Waals surface area (Å²) < 4.78 is 0. The third-order valence-corrected chi connectivity index (χ3v) is 4.84. The summed E-state index contributed by atoms with van der Waals surface area (Å²) in [5.74, 6) is 1.97. The first-order chi connectivity index (χ1) is 9.45. The molecule has 0 aromatic heterocycles. The van der Waals surface area contributed by atoms with Crippen molar-refractivity contribution in [3.63, 3.8) is 0 Å². The summed E-state index contributed by atoms with van der Waals surface area (Å²) in [4.78, 5) is 0. The average Bonchev–Trinajstić information content (AvgIpc) is 2.83. The molecule has 1 fully saturated rings. The Balaban J connectivity index is 1.80. The molecule has 1 heteroatoms. The van der Waals surface area contributed by atoms with Gasteiger partial charge in [0, 0.05) is 18.4 Å². The molecular formula is C18H19N. The Hall–Kier alpha value is -1.60. The van der Waals surface area contributed by atoms with Crippen LogP contribution >= 0.6 is 0 Å². The molecular weight excluding hydrogens is 230 g/mol. The molecule has 3 atom stereocenters. The van der Waals surface area contributed by atoms with Gasteiger partial charge in [0.25, 0.3) is 0 Å². The highest BCUT2D eigenvalue weighted by Gasteiger charge is 2.42. The topological polar surface area (TPSA) is 12.0 Å². The minimum atomic E-state index is 0.590. The first-order valence-electron chi connectivity index (χ1n) is 7.28. The van der Waals surface area contributed by atoms with E-state index in [9.17, 15) is 0 Å². The Morgan fingerprint density at radius 3 is 2.84 bits per heavy atom. The lowest BCUT2D eigenvalue weighted by Gasteiger charge is -2.29. The van der Waals surface area contributed by atoms with Crippen molar-refractivity contribution in [1.29, 1.82) is 0 Å². The highest BCUT2D eigenvalue weighted by atomic mass is 14.9. The third-order valence-electron chi connectivity index (χ3n) is 4.84. The second-order valence-corrected chi connectivity index (χ2v) is 5.76. The van der Waals surface area contributed by atoms with Crippen molar-refractivity contribution in [2.24, 2.45) is 11.8 Å². The largest absolute Gasteiger partial charge is 0.313 e. The normalized spacial score (nSPS) is 32.3. The van der Waals surface area contributed by atoms with Crippen molar-refractivity contribution in [2.45, 2.75) is 12.3 Å². The summed E-state index contributed by atoms with van der Waals surface area (Å²) in [6.07, 6.45) is 10.4. The molecule has 0 spiro atoms. The lowest BCUT2D eigenvalue weighted by molar-refractivity contribution is 0.400.